The fourth-order valence-electron chi connectivity index (χ4n) is 3.42. The molecule has 6 nitrogen and oxygen atoms in total. The lowest BCUT2D eigenvalue weighted by Crippen LogP contribution is -2.46. The summed E-state index contributed by atoms with van der Waals surface area (Å²) in [6.45, 7) is 7.33. The van der Waals surface area contributed by atoms with Gasteiger partial charge in [-0.05, 0) is 30.7 Å². The second kappa shape index (κ2) is 8.58. The number of nitrogens with zero attached hydrogens (tertiary/aromatic N) is 3. The van der Waals surface area contributed by atoms with E-state index in [-0.39, 0.29) is 5.91 Å². The number of rotatable bonds is 6. The molecule has 1 aliphatic rings. The lowest BCUT2D eigenvalue weighted by molar-refractivity contribution is 0.0943. The summed E-state index contributed by atoms with van der Waals surface area (Å²) in [7, 11) is 0. The lowest BCUT2D eigenvalue weighted by atomic mass is 10.1. The summed E-state index contributed by atoms with van der Waals surface area (Å²) in [6.07, 6.45) is 1.60. The highest BCUT2D eigenvalue weighted by atomic mass is 32.1. The first-order valence-electron chi connectivity index (χ1n) is 9.47. The molecule has 0 spiro atoms. The van der Waals surface area contributed by atoms with Gasteiger partial charge < -0.3 is 14.6 Å². The van der Waals surface area contributed by atoms with Gasteiger partial charge in [-0.25, -0.2) is 4.98 Å². The zero-order valence-corrected chi connectivity index (χ0v) is 16.7. The molecule has 1 aromatic carbocycles. The number of aryl methyl sites for hydroxylation is 1. The summed E-state index contributed by atoms with van der Waals surface area (Å²) >= 11 is 1.54. The van der Waals surface area contributed by atoms with Gasteiger partial charge in [-0.3, -0.25) is 9.69 Å². The second-order valence-corrected chi connectivity index (χ2v) is 7.88. The summed E-state index contributed by atoms with van der Waals surface area (Å²) in [5, 5.41) is 5.65. The third kappa shape index (κ3) is 4.43. The van der Waals surface area contributed by atoms with Crippen molar-refractivity contribution in [1.82, 2.24) is 15.2 Å². The topological polar surface area (TPSA) is 61.6 Å². The van der Waals surface area contributed by atoms with Crippen molar-refractivity contribution in [2.45, 2.75) is 20.0 Å². The van der Waals surface area contributed by atoms with Crippen LogP contribution in [0.15, 0.2) is 52.5 Å². The molecule has 3 aromatic rings. The summed E-state index contributed by atoms with van der Waals surface area (Å²) in [5.41, 5.74) is 3.12. The number of hydrogen-bond donors (Lipinski definition) is 1. The van der Waals surface area contributed by atoms with Crippen molar-refractivity contribution in [3.05, 3.63) is 70.1 Å². The normalized spacial score (nSPS) is 15.0. The number of benzene rings is 1. The van der Waals surface area contributed by atoms with Gasteiger partial charge in [-0.2, -0.15) is 0 Å². The number of anilines is 1. The quantitative estimate of drug-likeness (QED) is 0.693. The Morgan fingerprint density at radius 3 is 2.75 bits per heavy atom. The van der Waals surface area contributed by atoms with Crippen LogP contribution in [0.4, 0.5) is 5.69 Å². The summed E-state index contributed by atoms with van der Waals surface area (Å²) in [4.78, 5) is 21.6. The van der Waals surface area contributed by atoms with Crippen LogP contribution in [0, 0.1) is 6.92 Å². The van der Waals surface area contributed by atoms with E-state index in [1.54, 1.807) is 23.7 Å². The van der Waals surface area contributed by atoms with Crippen LogP contribution >= 0.6 is 11.3 Å². The molecular weight excluding hydrogens is 372 g/mol. The zero-order chi connectivity index (χ0) is 19.3. The molecule has 2 aromatic heterocycles. The third-order valence-corrected chi connectivity index (χ3v) is 5.81. The van der Waals surface area contributed by atoms with E-state index in [0.717, 1.165) is 43.5 Å². The van der Waals surface area contributed by atoms with Crippen LogP contribution in [0.1, 0.15) is 26.8 Å². The van der Waals surface area contributed by atoms with Crippen LogP contribution in [-0.2, 0) is 13.1 Å². The van der Waals surface area contributed by atoms with Crippen molar-refractivity contribution in [2.24, 2.45) is 0 Å². The van der Waals surface area contributed by atoms with E-state index in [9.17, 15) is 4.79 Å². The van der Waals surface area contributed by atoms with E-state index in [4.69, 9.17) is 4.42 Å². The first kappa shape index (κ1) is 18.7. The molecule has 0 radical (unpaired) electrons. The smallest absolute Gasteiger partial charge is 0.271 e. The number of nitrogens with one attached hydrogen (secondary N) is 1. The number of furan rings is 1. The van der Waals surface area contributed by atoms with Crippen LogP contribution in [0.25, 0.3) is 0 Å². The maximum Gasteiger partial charge on any atom is 0.271 e. The lowest BCUT2D eigenvalue weighted by Gasteiger charge is -2.36. The average Bonchev–Trinajstić information content (AvgIpc) is 3.39. The number of amides is 1. The molecule has 1 amide bonds. The predicted octanol–water partition coefficient (Wildman–Crippen LogP) is 3.30. The van der Waals surface area contributed by atoms with Crippen LogP contribution < -0.4 is 10.2 Å². The highest BCUT2D eigenvalue weighted by Crippen LogP contribution is 2.22. The fraction of sp³-hybridized carbons (Fsp3) is 0.333. The molecule has 1 aliphatic heterocycles. The number of para-hydroxylation sites is 1. The van der Waals surface area contributed by atoms with Gasteiger partial charge in [-0.15, -0.1) is 11.3 Å². The molecule has 0 aliphatic carbocycles. The van der Waals surface area contributed by atoms with E-state index < -0.39 is 0 Å². The van der Waals surface area contributed by atoms with Crippen LogP contribution in [0.3, 0.4) is 0 Å². The Bertz CT molecular complexity index is 914. The van der Waals surface area contributed by atoms with Crippen molar-refractivity contribution in [3.8, 4) is 0 Å². The minimum atomic E-state index is -0.164. The van der Waals surface area contributed by atoms with Gasteiger partial charge in [0, 0.05) is 37.2 Å². The van der Waals surface area contributed by atoms with Gasteiger partial charge in [0.05, 0.1) is 19.4 Å². The molecule has 1 saturated heterocycles. The first-order chi connectivity index (χ1) is 13.7. The molecule has 1 N–H and O–H groups in total. The van der Waals surface area contributed by atoms with Crippen LogP contribution in [0.5, 0.6) is 0 Å². The molecule has 0 atom stereocenters. The minimum Gasteiger partial charge on any atom is -0.467 e. The van der Waals surface area contributed by atoms with Crippen LogP contribution in [-0.4, -0.2) is 42.0 Å². The summed E-state index contributed by atoms with van der Waals surface area (Å²) < 4.78 is 5.23. The number of piperazine rings is 1. The Labute approximate surface area is 168 Å². The number of carbonyl (C=O) groups excluding carboxylic acids is 1. The Morgan fingerprint density at radius 1 is 1.18 bits per heavy atom. The maximum atomic E-state index is 12.2. The van der Waals surface area contributed by atoms with Crippen molar-refractivity contribution >= 4 is 22.9 Å². The molecule has 0 bridgehead atoms. The molecule has 3 heterocycles. The molecule has 0 unspecified atom stereocenters. The second-order valence-electron chi connectivity index (χ2n) is 6.94. The fourth-order valence-corrected chi connectivity index (χ4v) is 4.23. The molecule has 7 heteroatoms. The Morgan fingerprint density at radius 2 is 2.00 bits per heavy atom. The Kier molecular flexibility index (Phi) is 5.73. The largest absolute Gasteiger partial charge is 0.467 e. The third-order valence-electron chi connectivity index (χ3n) is 4.97. The first-order valence-corrected chi connectivity index (χ1v) is 10.3. The van der Waals surface area contributed by atoms with Crippen molar-refractivity contribution < 1.29 is 9.21 Å². The Hall–Kier alpha value is -2.64. The van der Waals surface area contributed by atoms with Gasteiger partial charge in [0.25, 0.3) is 5.91 Å². The molecule has 146 valence electrons. The predicted molar refractivity (Wildman–Crippen MR) is 111 cm³/mol. The standard InChI is InChI=1S/C21H24N4O2S/c1-16-5-2-3-7-19(16)25-10-8-24(9-11-25)14-20-23-18(15-28-20)21(26)22-13-17-6-4-12-27-17/h2-7,12,15H,8-11,13-14H2,1H3,(H,22,26). The average molecular weight is 397 g/mol. The van der Waals surface area contributed by atoms with E-state index in [0.29, 0.717) is 12.2 Å². The van der Waals surface area contributed by atoms with Gasteiger partial charge in [0.15, 0.2) is 0 Å². The van der Waals surface area contributed by atoms with Crippen molar-refractivity contribution in [3.63, 3.8) is 0 Å². The highest BCUT2D eigenvalue weighted by molar-refractivity contribution is 7.09. The number of hydrogen-bond acceptors (Lipinski definition) is 6. The maximum absolute atomic E-state index is 12.2. The Balaban J connectivity index is 1.28. The van der Waals surface area contributed by atoms with E-state index in [1.165, 1.54) is 11.3 Å². The zero-order valence-electron chi connectivity index (χ0n) is 15.9. The molecular formula is C21H24N4O2S. The van der Waals surface area contributed by atoms with Gasteiger partial charge >= 0.3 is 0 Å². The molecule has 28 heavy (non-hydrogen) atoms. The van der Waals surface area contributed by atoms with E-state index in [2.05, 4.69) is 51.3 Å². The molecule has 4 rings (SSSR count). The number of aromatic nitrogens is 1. The minimum absolute atomic E-state index is 0.164. The van der Waals surface area contributed by atoms with Gasteiger partial charge in [0.1, 0.15) is 16.5 Å². The summed E-state index contributed by atoms with van der Waals surface area (Å²) in [6, 6.07) is 12.2. The monoisotopic (exact) mass is 396 g/mol. The molecule has 1 fully saturated rings. The van der Waals surface area contributed by atoms with Gasteiger partial charge in [-0.1, -0.05) is 18.2 Å². The van der Waals surface area contributed by atoms with Crippen molar-refractivity contribution in [1.29, 1.82) is 0 Å². The number of thiazole rings is 1. The van der Waals surface area contributed by atoms with Gasteiger partial charge in [0.2, 0.25) is 0 Å². The highest BCUT2D eigenvalue weighted by Gasteiger charge is 2.20. The molecule has 0 saturated carbocycles. The van der Waals surface area contributed by atoms with E-state index >= 15 is 0 Å². The van der Waals surface area contributed by atoms with E-state index in [1.807, 2.05) is 11.4 Å². The van der Waals surface area contributed by atoms with Crippen molar-refractivity contribution in [2.75, 3.05) is 31.1 Å². The SMILES string of the molecule is Cc1ccccc1N1CCN(Cc2nc(C(=O)NCc3ccco3)cs2)CC1. The van der Waals surface area contributed by atoms with Crippen LogP contribution in [0.2, 0.25) is 0 Å². The number of carbonyl (C=O) groups is 1. The summed E-state index contributed by atoms with van der Waals surface area (Å²) in [5.74, 6) is 0.568.